The van der Waals surface area contributed by atoms with Gasteiger partial charge in [-0.05, 0) is 43.9 Å². The third-order valence-corrected chi connectivity index (χ3v) is 9.39. The highest BCUT2D eigenvalue weighted by atomic mass is 16.6. The Hall–Kier alpha value is -4.28. The second-order valence-corrected chi connectivity index (χ2v) is 12.3. The lowest BCUT2D eigenvalue weighted by Crippen LogP contribution is -2.56. The van der Waals surface area contributed by atoms with E-state index in [-0.39, 0.29) is 37.9 Å². The number of ether oxygens (including phenoxy) is 2. The van der Waals surface area contributed by atoms with Crippen molar-refractivity contribution in [2.75, 3.05) is 24.6 Å². The number of nitrogens with one attached hydrogen (secondary N) is 1. The summed E-state index contributed by atoms with van der Waals surface area (Å²) in [7, 11) is 0. The van der Waals surface area contributed by atoms with Gasteiger partial charge in [-0.1, -0.05) is 72.8 Å². The molecule has 2 fully saturated rings. The van der Waals surface area contributed by atoms with Gasteiger partial charge in [0.1, 0.15) is 23.7 Å². The van der Waals surface area contributed by atoms with Crippen molar-refractivity contribution in [2.24, 2.45) is 11.8 Å². The Labute approximate surface area is 262 Å². The Bertz CT molecular complexity index is 1540. The molecule has 4 aliphatic rings. The quantitative estimate of drug-likeness (QED) is 0.401. The number of hydrogen-bond acceptors (Lipinski definition) is 7. The molecule has 0 aliphatic carbocycles. The minimum absolute atomic E-state index is 0.0940. The monoisotopic (exact) mass is 613 g/mol. The topological polar surface area (TPSA) is 125 Å². The van der Waals surface area contributed by atoms with Gasteiger partial charge in [0.15, 0.2) is 0 Å². The first-order chi connectivity index (χ1) is 21.7. The molecule has 2 saturated heterocycles. The van der Waals surface area contributed by atoms with E-state index in [1.165, 1.54) is 4.90 Å². The van der Waals surface area contributed by atoms with Gasteiger partial charge in [0.25, 0.3) is 5.91 Å². The zero-order chi connectivity index (χ0) is 31.9. The highest BCUT2D eigenvalue weighted by Gasteiger charge is 2.72. The first-order valence-electron chi connectivity index (χ1n) is 15.5. The van der Waals surface area contributed by atoms with E-state index in [0.29, 0.717) is 12.0 Å². The molecule has 236 valence electrons. The largest absolute Gasteiger partial charge is 0.455 e. The predicted octanol–water partition coefficient (Wildman–Crippen LogP) is 2.92. The number of cyclic esters (lactones) is 1. The van der Waals surface area contributed by atoms with Crippen molar-refractivity contribution in [3.05, 3.63) is 89.5 Å². The number of allylic oxidation sites excluding steroid dienone is 1. The average Bonchev–Trinajstić information content (AvgIpc) is 3.39. The molecule has 4 heterocycles. The molecule has 1 spiro atoms. The number of amides is 3. The van der Waals surface area contributed by atoms with Crippen molar-refractivity contribution in [3.8, 4) is 0 Å². The van der Waals surface area contributed by atoms with Gasteiger partial charge < -0.3 is 29.7 Å². The Morgan fingerprint density at radius 1 is 0.978 bits per heavy atom. The number of nitrogens with zero attached hydrogens (tertiary/aromatic N) is 2. The number of rotatable bonds is 4. The summed E-state index contributed by atoms with van der Waals surface area (Å²) in [5.74, 6) is -3.77. The number of aliphatic hydroxyl groups excluding tert-OH is 1. The van der Waals surface area contributed by atoms with Crippen LogP contribution in [0.1, 0.15) is 42.6 Å². The van der Waals surface area contributed by atoms with E-state index in [9.17, 15) is 24.3 Å². The van der Waals surface area contributed by atoms with Gasteiger partial charge in [0, 0.05) is 25.2 Å². The van der Waals surface area contributed by atoms with Crippen LogP contribution in [0.5, 0.6) is 0 Å². The zero-order valence-corrected chi connectivity index (χ0v) is 25.7. The van der Waals surface area contributed by atoms with Crippen LogP contribution in [-0.2, 0) is 28.7 Å². The molecule has 2 aromatic rings. The number of anilines is 1. The second-order valence-electron chi connectivity index (χ2n) is 12.3. The number of carbonyl (C=O) groups is 4. The van der Waals surface area contributed by atoms with Crippen LogP contribution >= 0.6 is 0 Å². The molecule has 2 N–H and O–H groups in total. The molecule has 0 saturated carbocycles. The summed E-state index contributed by atoms with van der Waals surface area (Å²) in [6.45, 7) is 5.44. The molecule has 2 aromatic carbocycles. The van der Waals surface area contributed by atoms with Crippen LogP contribution in [0.25, 0.3) is 0 Å². The van der Waals surface area contributed by atoms with Crippen molar-refractivity contribution in [3.63, 3.8) is 0 Å². The number of aryl methyl sites for hydroxylation is 2. The maximum atomic E-state index is 14.6. The van der Waals surface area contributed by atoms with E-state index in [2.05, 4.69) is 5.32 Å². The Morgan fingerprint density at radius 3 is 2.42 bits per heavy atom. The van der Waals surface area contributed by atoms with Crippen LogP contribution in [-0.4, -0.2) is 77.2 Å². The molecule has 0 bridgehead atoms. The van der Waals surface area contributed by atoms with Crippen LogP contribution in [0.15, 0.2) is 72.8 Å². The van der Waals surface area contributed by atoms with Crippen LogP contribution in [0.2, 0.25) is 0 Å². The van der Waals surface area contributed by atoms with Crippen LogP contribution in [0.3, 0.4) is 0 Å². The van der Waals surface area contributed by atoms with Crippen LogP contribution in [0, 0.1) is 25.7 Å². The molecule has 0 radical (unpaired) electrons. The molecule has 4 aliphatic heterocycles. The van der Waals surface area contributed by atoms with Gasteiger partial charge in [0.2, 0.25) is 11.8 Å². The number of benzene rings is 2. The SMILES string of the molecule is Cc1cccc(C)c1N1CC=C[C@]23O[C@@H]4/C=C\CCC(=O)N[C@H](C)[C@@H](c5ccccc5)OC(=O)[C@@H]4[C@H]2C(=O)N(CCO)[C@@H]3C1=O. The van der Waals surface area contributed by atoms with Gasteiger partial charge in [0.05, 0.1) is 24.7 Å². The first kappa shape index (κ1) is 30.7. The zero-order valence-electron chi connectivity index (χ0n) is 25.7. The van der Waals surface area contributed by atoms with Crippen molar-refractivity contribution in [1.82, 2.24) is 10.2 Å². The number of hydrogen-bond donors (Lipinski definition) is 2. The highest BCUT2D eigenvalue weighted by Crippen LogP contribution is 2.53. The van der Waals surface area contributed by atoms with E-state index >= 15 is 0 Å². The summed E-state index contributed by atoms with van der Waals surface area (Å²) in [5, 5.41) is 13.0. The molecule has 10 nitrogen and oxygen atoms in total. The summed E-state index contributed by atoms with van der Waals surface area (Å²) in [4.78, 5) is 59.0. The van der Waals surface area contributed by atoms with Crippen LogP contribution < -0.4 is 10.2 Å². The van der Waals surface area contributed by atoms with Gasteiger partial charge in [-0.25, -0.2) is 0 Å². The number of likely N-dealkylation sites (tertiary alicyclic amines) is 1. The number of aliphatic hydroxyl groups is 1. The summed E-state index contributed by atoms with van der Waals surface area (Å²) >= 11 is 0. The standard InChI is InChI=1S/C35H39N3O7/c1-21-11-9-12-22(2)29(21)37-18-10-17-35-28(32(41)38(19-20-39)31(35)33(37)42)27-25(45-35)15-7-8-16-26(40)36-23(3)30(44-34(27)43)24-13-5-4-6-14-24/h4-7,9-15,17,23,25,27-28,30-31,39H,8,16,18-20H2,1-3H3,(H,36,40)/b15-7-/t23-,25-,27+,28+,30+,31-,35+/m1/s1. The maximum absolute atomic E-state index is 14.6. The van der Waals surface area contributed by atoms with E-state index in [4.69, 9.17) is 9.47 Å². The van der Waals surface area contributed by atoms with Gasteiger partial charge in [-0.15, -0.1) is 0 Å². The summed E-state index contributed by atoms with van der Waals surface area (Å²) in [6.07, 6.45) is 5.98. The lowest BCUT2D eigenvalue weighted by atomic mass is 9.77. The lowest BCUT2D eigenvalue weighted by Gasteiger charge is -2.35. The smallest absolute Gasteiger partial charge is 0.313 e. The fourth-order valence-corrected chi connectivity index (χ4v) is 7.48. The van der Waals surface area contributed by atoms with Gasteiger partial charge in [-0.2, -0.15) is 0 Å². The minimum Gasteiger partial charge on any atom is -0.455 e. The maximum Gasteiger partial charge on any atom is 0.313 e. The normalized spacial score (nSPS) is 32.4. The summed E-state index contributed by atoms with van der Waals surface area (Å²) in [5.41, 5.74) is 1.79. The predicted molar refractivity (Wildman–Crippen MR) is 166 cm³/mol. The number of para-hydroxylation sites is 1. The molecule has 0 unspecified atom stereocenters. The van der Waals surface area contributed by atoms with Crippen molar-refractivity contribution in [2.45, 2.75) is 63.5 Å². The Kier molecular flexibility index (Phi) is 8.37. The molecule has 45 heavy (non-hydrogen) atoms. The molecule has 10 heteroatoms. The fourth-order valence-electron chi connectivity index (χ4n) is 7.48. The Morgan fingerprint density at radius 2 is 1.71 bits per heavy atom. The Balaban J connectivity index is 1.45. The first-order valence-corrected chi connectivity index (χ1v) is 15.5. The number of carbonyl (C=O) groups excluding carboxylic acids is 4. The molecular weight excluding hydrogens is 574 g/mol. The number of fused-ring (bicyclic) bond motifs is 2. The van der Waals surface area contributed by atoms with Gasteiger partial charge in [-0.3, -0.25) is 19.2 Å². The highest BCUT2D eigenvalue weighted by molar-refractivity contribution is 6.06. The molecular formula is C35H39N3O7. The second kappa shape index (κ2) is 12.3. The number of esters is 1. The van der Waals surface area contributed by atoms with Gasteiger partial charge >= 0.3 is 5.97 Å². The molecule has 7 atom stereocenters. The van der Waals surface area contributed by atoms with Crippen molar-refractivity contribution < 1.29 is 33.8 Å². The molecule has 0 aromatic heterocycles. The molecule has 6 rings (SSSR count). The van der Waals surface area contributed by atoms with E-state index in [1.54, 1.807) is 30.1 Å². The third-order valence-electron chi connectivity index (χ3n) is 9.39. The fraction of sp³-hybridized carbons (Fsp3) is 0.429. The van der Waals surface area contributed by atoms with E-state index in [0.717, 1.165) is 16.8 Å². The lowest BCUT2D eigenvalue weighted by molar-refractivity contribution is -0.161. The summed E-state index contributed by atoms with van der Waals surface area (Å²) in [6, 6.07) is 13.3. The average molecular weight is 614 g/mol. The van der Waals surface area contributed by atoms with Crippen molar-refractivity contribution in [1.29, 1.82) is 0 Å². The summed E-state index contributed by atoms with van der Waals surface area (Å²) < 4.78 is 12.9. The van der Waals surface area contributed by atoms with Crippen LogP contribution in [0.4, 0.5) is 5.69 Å². The third kappa shape index (κ3) is 5.25. The minimum atomic E-state index is -1.48. The van der Waals surface area contributed by atoms with E-state index in [1.807, 2.05) is 68.5 Å². The van der Waals surface area contributed by atoms with E-state index < -0.39 is 53.6 Å². The van der Waals surface area contributed by atoms with Crippen molar-refractivity contribution >= 4 is 29.4 Å². The number of β-amino-alcohol motifs (C(OH)–C–C–N with tert-alkyl or cyclic N) is 1. The molecule has 3 amide bonds.